The van der Waals surface area contributed by atoms with Crippen LogP contribution in [0.5, 0.6) is 0 Å². The average molecular weight is 336 g/mol. The van der Waals surface area contributed by atoms with E-state index in [1.807, 2.05) is 24.3 Å². The van der Waals surface area contributed by atoms with Gasteiger partial charge in [0.25, 0.3) is 0 Å². The summed E-state index contributed by atoms with van der Waals surface area (Å²) in [4.78, 5) is 11.0. The van der Waals surface area contributed by atoms with Crippen LogP contribution >= 0.6 is 23.2 Å². The molecule has 0 aromatic heterocycles. The molecule has 1 unspecified atom stereocenters. The van der Waals surface area contributed by atoms with Crippen LogP contribution in [0.2, 0.25) is 10.0 Å². The summed E-state index contributed by atoms with van der Waals surface area (Å²) in [6, 6.07) is 11.6. The van der Waals surface area contributed by atoms with Crippen LogP contribution < -0.4 is 5.73 Å². The molecule has 3 rings (SSSR count). The minimum Gasteiger partial charge on any atom is -0.442 e. The third kappa shape index (κ3) is 3.21. The number of halogens is 2. The summed E-state index contributed by atoms with van der Waals surface area (Å²) in [5.74, 6) is 0. The quantitative estimate of drug-likeness (QED) is 0.826. The van der Waals surface area contributed by atoms with Gasteiger partial charge in [0.15, 0.2) is 0 Å². The second kappa shape index (κ2) is 6.19. The van der Waals surface area contributed by atoms with Gasteiger partial charge in [-0.15, -0.1) is 0 Å². The predicted octanol–water partition coefficient (Wildman–Crippen LogP) is 5.13. The molecule has 0 bridgehead atoms. The summed E-state index contributed by atoms with van der Waals surface area (Å²) in [6.07, 6.45) is 1.74. The van der Waals surface area contributed by atoms with E-state index >= 15 is 0 Å². The van der Waals surface area contributed by atoms with Gasteiger partial charge in [0, 0.05) is 10.0 Å². The lowest BCUT2D eigenvalue weighted by Crippen LogP contribution is -2.20. The van der Waals surface area contributed by atoms with Crippen molar-refractivity contribution in [2.24, 2.45) is 5.73 Å². The van der Waals surface area contributed by atoms with Gasteiger partial charge in [0.05, 0.1) is 0 Å². The zero-order valence-corrected chi connectivity index (χ0v) is 13.3. The Labute approximate surface area is 139 Å². The molecule has 0 aliphatic heterocycles. The van der Waals surface area contributed by atoms with Gasteiger partial charge in [-0.3, -0.25) is 0 Å². The van der Waals surface area contributed by atoms with E-state index in [4.69, 9.17) is 33.7 Å². The summed E-state index contributed by atoms with van der Waals surface area (Å²) in [5.41, 5.74) is 9.36. The van der Waals surface area contributed by atoms with E-state index in [-0.39, 0.29) is 6.10 Å². The Balaban J connectivity index is 1.98. The summed E-state index contributed by atoms with van der Waals surface area (Å²) in [5, 5.41) is 1.21. The Morgan fingerprint density at radius 3 is 2.50 bits per heavy atom. The highest BCUT2D eigenvalue weighted by atomic mass is 35.5. The van der Waals surface area contributed by atoms with E-state index in [9.17, 15) is 4.79 Å². The normalized spacial score (nSPS) is 16.9. The van der Waals surface area contributed by atoms with Crippen LogP contribution in [-0.4, -0.2) is 6.09 Å². The standard InChI is InChI=1S/C17H15Cl2NO2/c18-13-7-12(8-14(19)9-13)10-4-5-15-11(6-10)2-1-3-16(15)22-17(20)21/h4-9,16H,1-3H2,(H2,20,21). The van der Waals surface area contributed by atoms with E-state index in [1.165, 1.54) is 5.56 Å². The number of nitrogens with two attached hydrogens (primary N) is 1. The molecule has 5 heteroatoms. The third-order valence-corrected chi connectivity index (χ3v) is 4.29. The Morgan fingerprint density at radius 2 is 1.82 bits per heavy atom. The van der Waals surface area contributed by atoms with Crippen LogP contribution in [0.4, 0.5) is 4.79 Å². The van der Waals surface area contributed by atoms with Gasteiger partial charge in [-0.25, -0.2) is 4.79 Å². The molecule has 0 saturated heterocycles. The molecule has 1 aliphatic rings. The number of ether oxygens (including phenoxy) is 1. The largest absolute Gasteiger partial charge is 0.442 e. The van der Waals surface area contributed by atoms with Gasteiger partial charge in [0.1, 0.15) is 6.10 Å². The molecule has 22 heavy (non-hydrogen) atoms. The van der Waals surface area contributed by atoms with Gasteiger partial charge >= 0.3 is 6.09 Å². The van der Waals surface area contributed by atoms with Crippen molar-refractivity contribution in [1.82, 2.24) is 0 Å². The fourth-order valence-electron chi connectivity index (χ4n) is 2.93. The molecule has 0 fully saturated rings. The first kappa shape index (κ1) is 15.2. The maximum Gasteiger partial charge on any atom is 0.405 e. The molecule has 0 saturated carbocycles. The van der Waals surface area contributed by atoms with Crippen LogP contribution in [-0.2, 0) is 11.2 Å². The molecular formula is C17H15Cl2NO2. The van der Waals surface area contributed by atoms with Crippen molar-refractivity contribution in [2.45, 2.75) is 25.4 Å². The van der Waals surface area contributed by atoms with Gasteiger partial charge in [-0.1, -0.05) is 41.4 Å². The van der Waals surface area contributed by atoms with Crippen LogP contribution in [0.15, 0.2) is 36.4 Å². The van der Waals surface area contributed by atoms with Crippen molar-refractivity contribution in [3.05, 3.63) is 57.6 Å². The van der Waals surface area contributed by atoms with E-state index in [1.54, 1.807) is 6.07 Å². The second-order valence-corrected chi connectivity index (χ2v) is 6.26. The van der Waals surface area contributed by atoms with Crippen molar-refractivity contribution in [3.8, 4) is 11.1 Å². The fourth-order valence-corrected chi connectivity index (χ4v) is 3.46. The highest BCUT2D eigenvalue weighted by Crippen LogP contribution is 2.36. The summed E-state index contributed by atoms with van der Waals surface area (Å²) in [6.45, 7) is 0. The molecule has 0 heterocycles. The smallest absolute Gasteiger partial charge is 0.405 e. The molecular weight excluding hydrogens is 321 g/mol. The number of rotatable bonds is 2. The Morgan fingerprint density at radius 1 is 1.09 bits per heavy atom. The number of hydrogen-bond acceptors (Lipinski definition) is 2. The van der Waals surface area contributed by atoms with E-state index in [0.717, 1.165) is 36.0 Å². The Hall–Kier alpha value is -1.71. The first-order chi connectivity index (χ1) is 10.5. The predicted molar refractivity (Wildman–Crippen MR) is 88.2 cm³/mol. The molecule has 1 aliphatic carbocycles. The van der Waals surface area contributed by atoms with Crippen LogP contribution in [0.3, 0.4) is 0 Å². The number of aryl methyl sites for hydroxylation is 1. The van der Waals surface area contributed by atoms with E-state index in [2.05, 4.69) is 6.07 Å². The van der Waals surface area contributed by atoms with Crippen LogP contribution in [0.1, 0.15) is 30.1 Å². The second-order valence-electron chi connectivity index (χ2n) is 5.39. The van der Waals surface area contributed by atoms with Crippen LogP contribution in [0.25, 0.3) is 11.1 Å². The highest BCUT2D eigenvalue weighted by molar-refractivity contribution is 6.35. The molecule has 114 valence electrons. The van der Waals surface area contributed by atoms with Crippen molar-refractivity contribution in [3.63, 3.8) is 0 Å². The van der Waals surface area contributed by atoms with Crippen molar-refractivity contribution in [2.75, 3.05) is 0 Å². The number of carbonyl (C=O) groups excluding carboxylic acids is 1. The third-order valence-electron chi connectivity index (χ3n) is 3.86. The van der Waals surface area contributed by atoms with Crippen LogP contribution in [0, 0.1) is 0 Å². The van der Waals surface area contributed by atoms with Gasteiger partial charge < -0.3 is 10.5 Å². The molecule has 1 amide bonds. The molecule has 2 aromatic carbocycles. The number of amides is 1. The van der Waals surface area contributed by atoms with Crippen molar-refractivity contribution >= 4 is 29.3 Å². The first-order valence-electron chi connectivity index (χ1n) is 7.08. The molecule has 0 spiro atoms. The van der Waals surface area contributed by atoms with E-state index in [0.29, 0.717) is 10.0 Å². The zero-order chi connectivity index (χ0) is 15.7. The number of fused-ring (bicyclic) bond motifs is 1. The van der Waals surface area contributed by atoms with Gasteiger partial charge in [-0.2, -0.15) is 0 Å². The minimum atomic E-state index is -0.733. The number of primary amides is 1. The van der Waals surface area contributed by atoms with E-state index < -0.39 is 6.09 Å². The lowest BCUT2D eigenvalue weighted by atomic mass is 9.87. The van der Waals surface area contributed by atoms with Gasteiger partial charge in [0.2, 0.25) is 0 Å². The fraction of sp³-hybridized carbons (Fsp3) is 0.235. The Kier molecular flexibility index (Phi) is 4.27. The molecule has 3 nitrogen and oxygen atoms in total. The van der Waals surface area contributed by atoms with Crippen molar-refractivity contribution < 1.29 is 9.53 Å². The summed E-state index contributed by atoms with van der Waals surface area (Å²) in [7, 11) is 0. The van der Waals surface area contributed by atoms with Crippen molar-refractivity contribution in [1.29, 1.82) is 0 Å². The topological polar surface area (TPSA) is 52.3 Å². The van der Waals surface area contributed by atoms with Gasteiger partial charge in [-0.05, 0) is 59.7 Å². The molecule has 1 atom stereocenters. The number of carbonyl (C=O) groups is 1. The monoisotopic (exact) mass is 335 g/mol. The lowest BCUT2D eigenvalue weighted by Gasteiger charge is -2.25. The Bertz CT molecular complexity index is 710. The zero-order valence-electron chi connectivity index (χ0n) is 11.8. The molecule has 2 aromatic rings. The average Bonchev–Trinajstić information content (AvgIpc) is 2.45. The molecule has 2 N–H and O–H groups in total. The highest BCUT2D eigenvalue weighted by Gasteiger charge is 2.23. The number of hydrogen-bond donors (Lipinski definition) is 1. The summed E-state index contributed by atoms with van der Waals surface area (Å²) >= 11 is 12.1. The maximum absolute atomic E-state index is 11.0. The molecule has 0 radical (unpaired) electrons. The number of benzene rings is 2. The minimum absolute atomic E-state index is 0.252. The summed E-state index contributed by atoms with van der Waals surface area (Å²) < 4.78 is 5.20. The maximum atomic E-state index is 11.0. The first-order valence-corrected chi connectivity index (χ1v) is 7.84. The lowest BCUT2D eigenvalue weighted by molar-refractivity contribution is 0.0959. The SMILES string of the molecule is NC(=O)OC1CCCc2cc(-c3cc(Cl)cc(Cl)c3)ccc21.